The van der Waals surface area contributed by atoms with Crippen LogP contribution in [0, 0.1) is 0 Å². The Kier molecular flexibility index (Phi) is 3.25. The minimum Gasteiger partial charge on any atom is -0.463 e. The van der Waals surface area contributed by atoms with Crippen LogP contribution in [-0.4, -0.2) is 31.7 Å². The first kappa shape index (κ1) is 12.1. The van der Waals surface area contributed by atoms with Gasteiger partial charge in [0, 0.05) is 0 Å². The van der Waals surface area contributed by atoms with Crippen LogP contribution in [0.1, 0.15) is 0 Å². The van der Waals surface area contributed by atoms with E-state index in [1.807, 2.05) is 0 Å². The Morgan fingerprint density at radius 2 is 2.06 bits per heavy atom. The maximum absolute atomic E-state index is 11.7. The zero-order valence-corrected chi connectivity index (χ0v) is 7.74. The van der Waals surface area contributed by atoms with E-state index in [9.17, 15) is 22.8 Å². The number of rotatable bonds is 2. The van der Waals surface area contributed by atoms with Crippen molar-refractivity contribution in [2.45, 2.75) is 12.7 Å². The fourth-order valence-corrected chi connectivity index (χ4v) is 0.679. The molecule has 1 atom stereocenters. The summed E-state index contributed by atoms with van der Waals surface area (Å²) in [6.07, 6.45) is -4.49. The Balaban J connectivity index is 2.46. The average molecular weight is 242 g/mol. The summed E-state index contributed by atoms with van der Waals surface area (Å²) in [4.78, 5) is 21.1. The molecule has 0 aliphatic carbocycles. The summed E-state index contributed by atoms with van der Waals surface area (Å²) in [5.41, 5.74) is 0. The number of esters is 2. The number of ether oxygens (including phenoxy) is 4. The molecule has 6 nitrogen and oxygen atoms in total. The number of alkyl halides is 3. The molecule has 0 aromatic rings. The minimum absolute atomic E-state index is 0.498. The Morgan fingerprint density at radius 1 is 1.44 bits per heavy atom. The van der Waals surface area contributed by atoms with Crippen LogP contribution in [0.15, 0.2) is 12.0 Å². The second-order valence-electron chi connectivity index (χ2n) is 2.42. The molecule has 9 heteroatoms. The highest BCUT2D eigenvalue weighted by atomic mass is 19.4. The largest absolute Gasteiger partial charge is 0.491 e. The number of hydrogen-bond acceptors (Lipinski definition) is 6. The van der Waals surface area contributed by atoms with Crippen LogP contribution in [0.25, 0.3) is 0 Å². The highest BCUT2D eigenvalue weighted by Crippen LogP contribution is 2.22. The molecule has 1 rings (SSSR count). The normalized spacial score (nSPS) is 19.2. The van der Waals surface area contributed by atoms with Gasteiger partial charge < -0.3 is 18.9 Å². The van der Waals surface area contributed by atoms with Crippen LogP contribution in [0.5, 0.6) is 0 Å². The molecule has 1 heterocycles. The predicted octanol–water partition coefficient (Wildman–Crippen LogP) is 0.437. The van der Waals surface area contributed by atoms with E-state index in [0.717, 1.165) is 7.11 Å². The highest BCUT2D eigenvalue weighted by Gasteiger charge is 2.44. The van der Waals surface area contributed by atoms with Crippen molar-refractivity contribution in [3.05, 3.63) is 12.0 Å². The summed E-state index contributed by atoms with van der Waals surface area (Å²) in [5, 5.41) is 0. The molecular weight excluding hydrogens is 237 g/mol. The predicted molar refractivity (Wildman–Crippen MR) is 38.2 cm³/mol. The molecule has 0 spiro atoms. The molecule has 0 fully saturated rings. The zero-order chi connectivity index (χ0) is 12.3. The minimum atomic E-state index is -5.17. The summed E-state index contributed by atoms with van der Waals surface area (Å²) >= 11 is 0. The van der Waals surface area contributed by atoms with Crippen molar-refractivity contribution >= 4 is 11.9 Å². The Hall–Kier alpha value is -1.93. The van der Waals surface area contributed by atoms with Crippen LogP contribution in [0.3, 0.4) is 0 Å². The molecule has 0 saturated heterocycles. The number of halogens is 3. The van der Waals surface area contributed by atoms with Gasteiger partial charge in [0.15, 0.2) is 0 Å². The molecule has 0 aromatic heterocycles. The van der Waals surface area contributed by atoms with Crippen LogP contribution >= 0.6 is 0 Å². The van der Waals surface area contributed by atoms with Gasteiger partial charge in [-0.1, -0.05) is 0 Å². The van der Waals surface area contributed by atoms with Gasteiger partial charge >= 0.3 is 24.6 Å². The van der Waals surface area contributed by atoms with Gasteiger partial charge in [0.2, 0.25) is 5.76 Å². The third-order valence-electron chi connectivity index (χ3n) is 1.33. The second-order valence-corrected chi connectivity index (χ2v) is 2.42. The second kappa shape index (κ2) is 4.29. The first-order valence-corrected chi connectivity index (χ1v) is 3.73. The summed E-state index contributed by atoms with van der Waals surface area (Å²) in [5.74, 6) is -3.95. The van der Waals surface area contributed by atoms with E-state index in [2.05, 4.69) is 18.9 Å². The standard InChI is InChI=1S/C7H5F3O6/c1-13-4(11)3-2-14-6(15-3)16-5(12)7(8,9)10/h2,6H,1H3. The lowest BCUT2D eigenvalue weighted by atomic mass is 10.6. The van der Waals surface area contributed by atoms with Crippen molar-refractivity contribution < 1.29 is 41.7 Å². The SMILES string of the molecule is COC(=O)C1=COC(OC(=O)C(F)(F)F)O1. The summed E-state index contributed by atoms with van der Waals surface area (Å²) in [6.45, 7) is -1.94. The smallest absolute Gasteiger partial charge is 0.463 e. The third-order valence-corrected chi connectivity index (χ3v) is 1.33. The van der Waals surface area contributed by atoms with Crippen molar-refractivity contribution in [2.75, 3.05) is 7.11 Å². The van der Waals surface area contributed by atoms with E-state index < -0.39 is 30.4 Å². The topological polar surface area (TPSA) is 71.1 Å². The molecule has 0 radical (unpaired) electrons. The van der Waals surface area contributed by atoms with E-state index in [0.29, 0.717) is 6.26 Å². The summed E-state index contributed by atoms with van der Waals surface area (Å²) in [7, 11) is 1.03. The maximum Gasteiger partial charge on any atom is 0.491 e. The first-order chi connectivity index (χ1) is 7.34. The van der Waals surface area contributed by atoms with Crippen molar-refractivity contribution in [1.29, 1.82) is 0 Å². The first-order valence-electron chi connectivity index (χ1n) is 3.73. The molecule has 0 saturated carbocycles. The molecule has 1 aliphatic heterocycles. The van der Waals surface area contributed by atoms with Gasteiger partial charge in [-0.3, -0.25) is 0 Å². The van der Waals surface area contributed by atoms with Crippen molar-refractivity contribution in [2.24, 2.45) is 0 Å². The maximum atomic E-state index is 11.7. The summed E-state index contributed by atoms with van der Waals surface area (Å²) < 4.78 is 51.8. The van der Waals surface area contributed by atoms with Gasteiger partial charge in [-0.25, -0.2) is 9.59 Å². The molecule has 0 N–H and O–H groups in total. The van der Waals surface area contributed by atoms with Gasteiger partial charge in [-0.05, 0) is 0 Å². The lowest BCUT2D eigenvalue weighted by Gasteiger charge is -2.12. The monoisotopic (exact) mass is 242 g/mol. The van der Waals surface area contributed by atoms with Gasteiger partial charge in [-0.2, -0.15) is 13.2 Å². The van der Waals surface area contributed by atoms with E-state index in [1.165, 1.54) is 0 Å². The van der Waals surface area contributed by atoms with Gasteiger partial charge in [-0.15, -0.1) is 0 Å². The molecule has 90 valence electrons. The van der Waals surface area contributed by atoms with Crippen LogP contribution < -0.4 is 0 Å². The van der Waals surface area contributed by atoms with E-state index in [4.69, 9.17) is 0 Å². The van der Waals surface area contributed by atoms with Crippen LogP contribution in [0.2, 0.25) is 0 Å². The highest BCUT2D eigenvalue weighted by molar-refractivity contribution is 5.86. The lowest BCUT2D eigenvalue weighted by Crippen LogP contribution is -2.30. The van der Waals surface area contributed by atoms with Crippen LogP contribution in [-0.2, 0) is 28.5 Å². The van der Waals surface area contributed by atoms with Crippen molar-refractivity contribution in [3.63, 3.8) is 0 Å². The molecule has 1 aliphatic rings. The van der Waals surface area contributed by atoms with Gasteiger partial charge in [0.25, 0.3) is 0 Å². The summed E-state index contributed by atoms with van der Waals surface area (Å²) in [6, 6.07) is 0. The molecule has 0 aromatic carbocycles. The molecule has 1 unspecified atom stereocenters. The molecule has 0 bridgehead atoms. The number of carbonyl (C=O) groups is 2. The van der Waals surface area contributed by atoms with Crippen molar-refractivity contribution in [3.8, 4) is 0 Å². The van der Waals surface area contributed by atoms with Gasteiger partial charge in [0.1, 0.15) is 6.26 Å². The van der Waals surface area contributed by atoms with Crippen molar-refractivity contribution in [1.82, 2.24) is 0 Å². The van der Waals surface area contributed by atoms with E-state index in [1.54, 1.807) is 0 Å². The molecule has 16 heavy (non-hydrogen) atoms. The third kappa shape index (κ3) is 2.78. The lowest BCUT2D eigenvalue weighted by molar-refractivity contribution is -0.255. The number of methoxy groups -OCH3 is 1. The fraction of sp³-hybridized carbons (Fsp3) is 0.429. The fourth-order valence-electron chi connectivity index (χ4n) is 0.679. The Morgan fingerprint density at radius 3 is 2.56 bits per heavy atom. The molecular formula is C7H5F3O6. The number of carbonyl (C=O) groups excluding carboxylic acids is 2. The van der Waals surface area contributed by atoms with Crippen LogP contribution in [0.4, 0.5) is 13.2 Å². The Bertz CT molecular complexity index is 334. The zero-order valence-electron chi connectivity index (χ0n) is 7.74. The number of hydrogen-bond donors (Lipinski definition) is 0. The average Bonchev–Trinajstić information content (AvgIpc) is 2.63. The van der Waals surface area contributed by atoms with E-state index >= 15 is 0 Å². The quantitative estimate of drug-likeness (QED) is 0.654. The Labute approximate surface area is 86.5 Å². The van der Waals surface area contributed by atoms with E-state index in [-0.39, 0.29) is 0 Å². The van der Waals surface area contributed by atoms with Gasteiger partial charge in [0.05, 0.1) is 7.11 Å². The molecule has 0 amide bonds.